The van der Waals surface area contributed by atoms with E-state index in [-0.39, 0.29) is 17.1 Å². The highest BCUT2D eigenvalue weighted by atomic mass is 19.4. The fourth-order valence-corrected chi connectivity index (χ4v) is 2.52. The monoisotopic (exact) mass is 387 g/mol. The predicted octanol–water partition coefficient (Wildman–Crippen LogP) is 4.60. The third kappa shape index (κ3) is 4.59. The lowest BCUT2D eigenvalue weighted by Crippen LogP contribution is -2.15. The molecule has 0 radical (unpaired) electrons. The quantitative estimate of drug-likeness (QED) is 0.648. The Morgan fingerprint density at radius 2 is 1.75 bits per heavy atom. The molecular formula is C20H16F3N3O2. The number of anilines is 1. The Labute approximate surface area is 159 Å². The maximum absolute atomic E-state index is 13.0. The Hall–Kier alpha value is -3.55. The zero-order valence-corrected chi connectivity index (χ0v) is 14.5. The number of aromatic nitrogens is 1. The molecule has 3 aromatic rings. The van der Waals surface area contributed by atoms with Crippen LogP contribution < -0.4 is 15.8 Å². The number of carbonyl (C=O) groups excluding carboxylic acids is 1. The van der Waals surface area contributed by atoms with Crippen LogP contribution in [0, 0.1) is 0 Å². The van der Waals surface area contributed by atoms with Gasteiger partial charge in [-0.3, -0.25) is 4.79 Å². The molecule has 0 spiro atoms. The van der Waals surface area contributed by atoms with Crippen LogP contribution in [0.25, 0.3) is 0 Å². The highest BCUT2D eigenvalue weighted by molar-refractivity contribution is 5.97. The number of amides is 1. The Balaban J connectivity index is 1.69. The fraction of sp³-hybridized carbons (Fsp3) is 0.100. The third-order valence-corrected chi connectivity index (χ3v) is 3.88. The van der Waals surface area contributed by atoms with E-state index in [2.05, 4.69) is 10.3 Å². The highest BCUT2D eigenvalue weighted by Crippen LogP contribution is 2.37. The molecule has 0 aliphatic rings. The summed E-state index contributed by atoms with van der Waals surface area (Å²) < 4.78 is 44.5. The molecule has 0 saturated carbocycles. The minimum Gasteiger partial charge on any atom is -0.457 e. The second-order valence-corrected chi connectivity index (χ2v) is 5.86. The zero-order chi connectivity index (χ0) is 20.1. The molecule has 3 N–H and O–H groups in total. The SMILES string of the molecule is NC(=O)c1cccnc1NCc1ccc(Oc2ccccc2C(F)(F)F)cc1. The van der Waals surface area contributed by atoms with Gasteiger partial charge < -0.3 is 15.8 Å². The van der Waals surface area contributed by atoms with Gasteiger partial charge in [0.1, 0.15) is 17.3 Å². The van der Waals surface area contributed by atoms with Gasteiger partial charge in [0.25, 0.3) is 5.91 Å². The van der Waals surface area contributed by atoms with Crippen molar-refractivity contribution in [1.29, 1.82) is 0 Å². The number of hydrogen-bond acceptors (Lipinski definition) is 4. The molecule has 3 rings (SSSR count). The Kier molecular flexibility index (Phi) is 5.49. The van der Waals surface area contributed by atoms with Gasteiger partial charge in [-0.1, -0.05) is 24.3 Å². The van der Waals surface area contributed by atoms with Crippen molar-refractivity contribution in [2.24, 2.45) is 5.73 Å². The predicted molar refractivity (Wildman–Crippen MR) is 98.0 cm³/mol. The lowest BCUT2D eigenvalue weighted by molar-refractivity contribution is -0.138. The number of alkyl halides is 3. The minimum absolute atomic E-state index is 0.263. The topological polar surface area (TPSA) is 77.2 Å². The number of carbonyl (C=O) groups is 1. The summed E-state index contributed by atoms with van der Waals surface area (Å²) in [7, 11) is 0. The van der Waals surface area contributed by atoms with Crippen LogP contribution in [-0.2, 0) is 12.7 Å². The summed E-state index contributed by atoms with van der Waals surface area (Å²) in [6.07, 6.45) is -2.97. The number of nitrogens with zero attached hydrogens (tertiary/aromatic N) is 1. The van der Waals surface area contributed by atoms with Crippen molar-refractivity contribution in [1.82, 2.24) is 4.98 Å². The maximum atomic E-state index is 13.0. The van der Waals surface area contributed by atoms with Crippen LogP contribution in [0.1, 0.15) is 21.5 Å². The smallest absolute Gasteiger partial charge is 0.419 e. The number of hydrogen-bond donors (Lipinski definition) is 2. The van der Waals surface area contributed by atoms with Gasteiger partial charge in [0, 0.05) is 12.7 Å². The summed E-state index contributed by atoms with van der Waals surface area (Å²) in [5, 5.41) is 3.01. The number of para-hydroxylation sites is 1. The minimum atomic E-state index is -4.50. The van der Waals surface area contributed by atoms with Gasteiger partial charge in [-0.15, -0.1) is 0 Å². The molecule has 0 bridgehead atoms. The Bertz CT molecular complexity index is 973. The third-order valence-electron chi connectivity index (χ3n) is 3.88. The van der Waals surface area contributed by atoms with Crippen molar-refractivity contribution in [2.45, 2.75) is 12.7 Å². The highest BCUT2D eigenvalue weighted by Gasteiger charge is 2.34. The van der Waals surface area contributed by atoms with Gasteiger partial charge in [0.15, 0.2) is 0 Å². The van der Waals surface area contributed by atoms with Gasteiger partial charge in [0.05, 0.1) is 11.1 Å². The molecule has 0 unspecified atom stereocenters. The van der Waals surface area contributed by atoms with Crippen LogP contribution in [0.3, 0.4) is 0 Å². The Morgan fingerprint density at radius 3 is 2.43 bits per heavy atom. The molecule has 0 saturated heterocycles. The van der Waals surface area contributed by atoms with E-state index in [4.69, 9.17) is 10.5 Å². The van der Waals surface area contributed by atoms with Crippen molar-refractivity contribution < 1.29 is 22.7 Å². The van der Waals surface area contributed by atoms with Crippen LogP contribution in [0.15, 0.2) is 66.9 Å². The van der Waals surface area contributed by atoms with E-state index < -0.39 is 17.6 Å². The number of nitrogens with two attached hydrogens (primary N) is 1. The van der Waals surface area contributed by atoms with E-state index in [9.17, 15) is 18.0 Å². The second-order valence-electron chi connectivity index (χ2n) is 5.86. The van der Waals surface area contributed by atoms with Crippen LogP contribution in [0.5, 0.6) is 11.5 Å². The van der Waals surface area contributed by atoms with Crippen molar-refractivity contribution in [3.05, 3.63) is 83.6 Å². The van der Waals surface area contributed by atoms with Gasteiger partial charge in [0.2, 0.25) is 0 Å². The zero-order valence-electron chi connectivity index (χ0n) is 14.5. The van der Waals surface area contributed by atoms with Crippen LogP contribution >= 0.6 is 0 Å². The molecule has 1 amide bonds. The Morgan fingerprint density at radius 1 is 1.04 bits per heavy atom. The van der Waals surface area contributed by atoms with E-state index in [1.54, 1.807) is 36.4 Å². The number of ether oxygens (including phenoxy) is 1. The van der Waals surface area contributed by atoms with Crippen molar-refractivity contribution in [3.63, 3.8) is 0 Å². The van der Waals surface area contributed by atoms with E-state index >= 15 is 0 Å². The van der Waals surface area contributed by atoms with Gasteiger partial charge >= 0.3 is 6.18 Å². The normalized spacial score (nSPS) is 11.1. The first kappa shape index (κ1) is 19.2. The first-order valence-corrected chi connectivity index (χ1v) is 8.26. The van der Waals surface area contributed by atoms with Crippen LogP contribution in [-0.4, -0.2) is 10.9 Å². The fourth-order valence-electron chi connectivity index (χ4n) is 2.52. The standard InChI is InChI=1S/C20H16F3N3O2/c21-20(22,23)16-5-1-2-6-17(16)28-14-9-7-13(8-10-14)12-26-19-15(18(24)27)4-3-11-25-19/h1-11H,12H2,(H2,24,27)(H,25,26). The molecule has 1 aromatic heterocycles. The average Bonchev–Trinajstić information content (AvgIpc) is 2.67. The molecule has 0 fully saturated rings. The molecule has 1 heterocycles. The molecule has 0 aliphatic carbocycles. The van der Waals surface area contributed by atoms with E-state index in [0.29, 0.717) is 12.4 Å². The number of halogens is 3. The van der Waals surface area contributed by atoms with Crippen molar-refractivity contribution in [2.75, 3.05) is 5.32 Å². The molecule has 0 aliphatic heterocycles. The molecular weight excluding hydrogens is 371 g/mol. The van der Waals surface area contributed by atoms with Gasteiger partial charge in [-0.25, -0.2) is 4.98 Å². The summed E-state index contributed by atoms with van der Waals surface area (Å²) in [6, 6.07) is 14.7. The lowest BCUT2D eigenvalue weighted by atomic mass is 10.2. The molecule has 0 atom stereocenters. The molecule has 5 nitrogen and oxygen atoms in total. The maximum Gasteiger partial charge on any atom is 0.419 e. The van der Waals surface area contributed by atoms with Gasteiger partial charge in [-0.05, 0) is 42.0 Å². The van der Waals surface area contributed by atoms with Crippen LogP contribution in [0.4, 0.5) is 19.0 Å². The van der Waals surface area contributed by atoms with Crippen molar-refractivity contribution in [3.8, 4) is 11.5 Å². The summed E-state index contributed by atoms with van der Waals surface area (Å²) in [5.74, 6) is -0.228. The number of primary amides is 1. The van der Waals surface area contributed by atoms with E-state index in [0.717, 1.165) is 11.6 Å². The first-order valence-electron chi connectivity index (χ1n) is 8.26. The molecule has 28 heavy (non-hydrogen) atoms. The summed E-state index contributed by atoms with van der Waals surface area (Å²) in [6.45, 7) is 0.344. The largest absolute Gasteiger partial charge is 0.457 e. The summed E-state index contributed by atoms with van der Waals surface area (Å²) in [5.41, 5.74) is 5.55. The molecule has 8 heteroatoms. The average molecular weight is 387 g/mol. The molecule has 144 valence electrons. The number of pyridine rings is 1. The van der Waals surface area contributed by atoms with E-state index in [1.165, 1.54) is 24.4 Å². The van der Waals surface area contributed by atoms with Crippen LogP contribution in [0.2, 0.25) is 0 Å². The van der Waals surface area contributed by atoms with Gasteiger partial charge in [-0.2, -0.15) is 13.2 Å². The first-order chi connectivity index (χ1) is 13.3. The second kappa shape index (κ2) is 7.99. The number of rotatable bonds is 6. The van der Waals surface area contributed by atoms with E-state index in [1.807, 2.05) is 0 Å². The van der Waals surface area contributed by atoms with Crippen molar-refractivity contribution >= 4 is 11.7 Å². The lowest BCUT2D eigenvalue weighted by Gasteiger charge is -2.14. The number of benzene rings is 2. The summed E-state index contributed by atoms with van der Waals surface area (Å²) in [4.78, 5) is 15.5. The summed E-state index contributed by atoms with van der Waals surface area (Å²) >= 11 is 0. The molecule has 2 aromatic carbocycles. The number of nitrogens with one attached hydrogen (secondary N) is 1.